The molecule has 0 bridgehead atoms. The van der Waals surface area contributed by atoms with Gasteiger partial charge in [0, 0.05) is 24.5 Å². The fourth-order valence-electron chi connectivity index (χ4n) is 1.87. The molecule has 0 saturated heterocycles. The van der Waals surface area contributed by atoms with Crippen LogP contribution in [-0.2, 0) is 4.79 Å². The van der Waals surface area contributed by atoms with Crippen molar-refractivity contribution in [3.63, 3.8) is 0 Å². The Morgan fingerprint density at radius 1 is 1.44 bits per heavy atom. The van der Waals surface area contributed by atoms with Gasteiger partial charge in [-0.25, -0.2) is 4.98 Å². The second kappa shape index (κ2) is 5.80. The van der Waals surface area contributed by atoms with Gasteiger partial charge in [0.2, 0.25) is 5.91 Å². The number of hydrogen-bond acceptors (Lipinski definition) is 4. The van der Waals surface area contributed by atoms with Crippen molar-refractivity contribution >= 4 is 17.2 Å². The van der Waals surface area contributed by atoms with Gasteiger partial charge in [0.05, 0.1) is 16.1 Å². The molecule has 1 rings (SSSR count). The normalized spacial score (nSPS) is 13.4. The van der Waals surface area contributed by atoms with Gasteiger partial charge >= 0.3 is 0 Å². The van der Waals surface area contributed by atoms with Crippen LogP contribution in [0.1, 0.15) is 42.4 Å². The van der Waals surface area contributed by atoms with E-state index < -0.39 is 5.41 Å². The van der Waals surface area contributed by atoms with E-state index in [0.29, 0.717) is 6.54 Å². The molecule has 0 fully saturated rings. The second-order valence-electron chi connectivity index (χ2n) is 5.25. The standard InChI is InChI=1S/C13H23N3OS/c1-8(11-9(2)16-10(3)18-11)15-7-13(4,5)12(17)14-6/h8,15H,7H2,1-6H3,(H,14,17). The number of nitrogens with zero attached hydrogens (tertiary/aromatic N) is 1. The van der Waals surface area contributed by atoms with E-state index in [1.54, 1.807) is 18.4 Å². The summed E-state index contributed by atoms with van der Waals surface area (Å²) in [6, 6.07) is 0.222. The molecule has 0 aliphatic rings. The first-order chi connectivity index (χ1) is 8.27. The first-order valence-corrected chi connectivity index (χ1v) is 6.99. The lowest BCUT2D eigenvalue weighted by atomic mass is 9.92. The average molecular weight is 269 g/mol. The molecule has 18 heavy (non-hydrogen) atoms. The van der Waals surface area contributed by atoms with Gasteiger partial charge in [0.1, 0.15) is 0 Å². The minimum absolute atomic E-state index is 0.0550. The van der Waals surface area contributed by atoms with E-state index in [9.17, 15) is 4.79 Å². The van der Waals surface area contributed by atoms with Crippen molar-refractivity contribution in [2.75, 3.05) is 13.6 Å². The first-order valence-electron chi connectivity index (χ1n) is 6.17. The lowest BCUT2D eigenvalue weighted by Crippen LogP contribution is -2.42. The number of carbonyl (C=O) groups is 1. The summed E-state index contributed by atoms with van der Waals surface area (Å²) in [6.07, 6.45) is 0. The summed E-state index contributed by atoms with van der Waals surface area (Å²) >= 11 is 1.71. The molecule has 0 spiro atoms. The quantitative estimate of drug-likeness (QED) is 0.861. The van der Waals surface area contributed by atoms with Crippen LogP contribution < -0.4 is 10.6 Å². The fourth-order valence-corrected chi connectivity index (χ4v) is 2.82. The molecule has 0 radical (unpaired) electrons. The summed E-state index contributed by atoms with van der Waals surface area (Å²) in [6.45, 7) is 10.7. The molecular formula is C13H23N3OS. The summed E-state index contributed by atoms with van der Waals surface area (Å²) in [5, 5.41) is 7.20. The van der Waals surface area contributed by atoms with E-state index >= 15 is 0 Å². The van der Waals surface area contributed by atoms with E-state index in [1.807, 2.05) is 27.7 Å². The van der Waals surface area contributed by atoms with Crippen LogP contribution in [0, 0.1) is 19.3 Å². The van der Waals surface area contributed by atoms with E-state index in [-0.39, 0.29) is 11.9 Å². The number of aryl methyl sites for hydroxylation is 2. The van der Waals surface area contributed by atoms with E-state index in [0.717, 1.165) is 10.7 Å². The number of carbonyl (C=O) groups excluding carboxylic acids is 1. The third-order valence-electron chi connectivity index (χ3n) is 3.02. The number of hydrogen-bond donors (Lipinski definition) is 2. The lowest BCUT2D eigenvalue weighted by Gasteiger charge is -2.25. The molecule has 1 unspecified atom stereocenters. The summed E-state index contributed by atoms with van der Waals surface area (Å²) in [7, 11) is 1.67. The maximum absolute atomic E-state index is 11.7. The highest BCUT2D eigenvalue weighted by Crippen LogP contribution is 2.25. The molecule has 2 N–H and O–H groups in total. The highest BCUT2D eigenvalue weighted by atomic mass is 32.1. The Morgan fingerprint density at radius 2 is 2.06 bits per heavy atom. The molecule has 1 aromatic heterocycles. The van der Waals surface area contributed by atoms with Crippen molar-refractivity contribution < 1.29 is 4.79 Å². The molecule has 0 aliphatic carbocycles. The molecular weight excluding hydrogens is 246 g/mol. The molecule has 5 heteroatoms. The maximum Gasteiger partial charge on any atom is 0.226 e. The molecule has 102 valence electrons. The Labute approximate surface area is 113 Å². The van der Waals surface area contributed by atoms with Gasteiger partial charge < -0.3 is 10.6 Å². The second-order valence-corrected chi connectivity index (χ2v) is 6.48. The van der Waals surface area contributed by atoms with Crippen molar-refractivity contribution in [2.24, 2.45) is 5.41 Å². The number of amides is 1. The number of aromatic nitrogens is 1. The summed E-state index contributed by atoms with van der Waals surface area (Å²) < 4.78 is 0. The summed E-state index contributed by atoms with van der Waals surface area (Å²) in [4.78, 5) is 17.4. The molecule has 1 atom stereocenters. The molecule has 4 nitrogen and oxygen atoms in total. The van der Waals surface area contributed by atoms with Crippen LogP contribution in [0.2, 0.25) is 0 Å². The summed E-state index contributed by atoms with van der Waals surface area (Å²) in [5.41, 5.74) is 0.673. The van der Waals surface area contributed by atoms with Gasteiger partial charge in [-0.1, -0.05) is 0 Å². The highest BCUT2D eigenvalue weighted by molar-refractivity contribution is 7.11. The Balaban J connectivity index is 2.64. The maximum atomic E-state index is 11.7. The van der Waals surface area contributed by atoms with Gasteiger partial charge in [-0.2, -0.15) is 0 Å². The average Bonchev–Trinajstić information content (AvgIpc) is 2.64. The largest absolute Gasteiger partial charge is 0.359 e. The van der Waals surface area contributed by atoms with Gasteiger partial charge in [0.15, 0.2) is 0 Å². The van der Waals surface area contributed by atoms with Crippen LogP contribution in [0.4, 0.5) is 0 Å². The van der Waals surface area contributed by atoms with Crippen LogP contribution in [0.15, 0.2) is 0 Å². The lowest BCUT2D eigenvalue weighted by molar-refractivity contribution is -0.128. The Morgan fingerprint density at radius 3 is 2.50 bits per heavy atom. The predicted octanol–water partition coefficient (Wildman–Crippen LogP) is 2.18. The molecule has 0 aromatic carbocycles. The van der Waals surface area contributed by atoms with Crippen LogP contribution in [0.3, 0.4) is 0 Å². The van der Waals surface area contributed by atoms with Gasteiger partial charge in [-0.05, 0) is 34.6 Å². The van der Waals surface area contributed by atoms with Gasteiger partial charge in [-0.3, -0.25) is 4.79 Å². The first kappa shape index (κ1) is 15.1. The van der Waals surface area contributed by atoms with Gasteiger partial charge in [-0.15, -0.1) is 11.3 Å². The number of rotatable bonds is 5. The third-order valence-corrected chi connectivity index (χ3v) is 4.28. The zero-order chi connectivity index (χ0) is 13.9. The Kier molecular flexibility index (Phi) is 4.87. The monoisotopic (exact) mass is 269 g/mol. The Bertz CT molecular complexity index is 426. The third kappa shape index (κ3) is 3.53. The Hall–Kier alpha value is -0.940. The van der Waals surface area contributed by atoms with E-state index in [1.165, 1.54) is 4.88 Å². The molecule has 0 saturated carbocycles. The van der Waals surface area contributed by atoms with Crippen molar-refractivity contribution in [2.45, 2.75) is 40.7 Å². The topological polar surface area (TPSA) is 54.0 Å². The van der Waals surface area contributed by atoms with Crippen LogP contribution in [0.5, 0.6) is 0 Å². The van der Waals surface area contributed by atoms with Crippen LogP contribution >= 0.6 is 11.3 Å². The fraction of sp³-hybridized carbons (Fsp3) is 0.692. The minimum atomic E-state index is -0.406. The van der Waals surface area contributed by atoms with Crippen molar-refractivity contribution in [1.82, 2.24) is 15.6 Å². The molecule has 1 aromatic rings. The highest BCUT2D eigenvalue weighted by Gasteiger charge is 2.27. The summed E-state index contributed by atoms with van der Waals surface area (Å²) in [5.74, 6) is 0.0550. The number of thiazole rings is 1. The zero-order valence-electron chi connectivity index (χ0n) is 12.0. The molecule has 1 heterocycles. The van der Waals surface area contributed by atoms with Crippen LogP contribution in [-0.4, -0.2) is 24.5 Å². The minimum Gasteiger partial charge on any atom is -0.359 e. The molecule has 1 amide bonds. The van der Waals surface area contributed by atoms with Crippen molar-refractivity contribution in [3.05, 3.63) is 15.6 Å². The van der Waals surface area contributed by atoms with Crippen molar-refractivity contribution in [3.8, 4) is 0 Å². The predicted molar refractivity (Wildman–Crippen MR) is 75.9 cm³/mol. The van der Waals surface area contributed by atoms with Gasteiger partial charge in [0.25, 0.3) is 0 Å². The van der Waals surface area contributed by atoms with E-state index in [2.05, 4.69) is 22.5 Å². The zero-order valence-corrected chi connectivity index (χ0v) is 12.9. The van der Waals surface area contributed by atoms with E-state index in [4.69, 9.17) is 0 Å². The van der Waals surface area contributed by atoms with Crippen LogP contribution in [0.25, 0.3) is 0 Å². The number of nitrogens with one attached hydrogen (secondary N) is 2. The molecule has 0 aliphatic heterocycles. The smallest absolute Gasteiger partial charge is 0.226 e. The van der Waals surface area contributed by atoms with Crippen molar-refractivity contribution in [1.29, 1.82) is 0 Å². The SMILES string of the molecule is CNC(=O)C(C)(C)CNC(C)c1sc(C)nc1C.